The first-order valence-electron chi connectivity index (χ1n) is 8.55. The number of benzene rings is 1. The predicted octanol–water partition coefficient (Wildman–Crippen LogP) is 0.939. The van der Waals surface area contributed by atoms with Crippen molar-refractivity contribution in [3.05, 3.63) is 41.3 Å². The molecule has 1 saturated heterocycles. The molecule has 1 amide bonds. The van der Waals surface area contributed by atoms with Gasteiger partial charge in [-0.2, -0.15) is 4.31 Å². The van der Waals surface area contributed by atoms with Crippen LogP contribution in [0.1, 0.15) is 16.1 Å². The van der Waals surface area contributed by atoms with Gasteiger partial charge in [-0.15, -0.1) is 0 Å². The first kappa shape index (κ1) is 20.9. The third-order valence-corrected chi connectivity index (χ3v) is 5.89. The summed E-state index contributed by atoms with van der Waals surface area (Å²) in [5, 5.41) is 5.89. The van der Waals surface area contributed by atoms with E-state index in [1.54, 1.807) is 6.92 Å². The molecule has 156 valence electrons. The number of esters is 1. The van der Waals surface area contributed by atoms with E-state index in [1.807, 2.05) is 0 Å². The van der Waals surface area contributed by atoms with Crippen LogP contribution >= 0.6 is 0 Å². The maximum absolute atomic E-state index is 14.1. The normalized spacial score (nSPS) is 15.1. The largest absolute Gasteiger partial charge is 0.452 e. The maximum atomic E-state index is 14.1. The highest BCUT2D eigenvalue weighted by molar-refractivity contribution is 7.89. The van der Waals surface area contributed by atoms with E-state index in [4.69, 9.17) is 14.0 Å². The molecular weight excluding hydrogens is 409 g/mol. The minimum atomic E-state index is -3.92. The molecule has 0 radical (unpaired) electrons. The Kier molecular flexibility index (Phi) is 6.25. The van der Waals surface area contributed by atoms with Crippen LogP contribution in [0.3, 0.4) is 0 Å². The van der Waals surface area contributed by atoms with Crippen molar-refractivity contribution in [1.29, 1.82) is 0 Å². The van der Waals surface area contributed by atoms with Crippen LogP contribution < -0.4 is 5.32 Å². The molecule has 0 aliphatic carbocycles. The minimum absolute atomic E-state index is 0.0633. The van der Waals surface area contributed by atoms with E-state index in [-0.39, 0.29) is 37.1 Å². The molecule has 1 aromatic carbocycles. The lowest BCUT2D eigenvalue weighted by molar-refractivity contribution is -0.119. The average Bonchev–Trinajstić information content (AvgIpc) is 3.11. The Morgan fingerprint density at radius 3 is 2.66 bits per heavy atom. The summed E-state index contributed by atoms with van der Waals surface area (Å²) < 4.78 is 55.3. The van der Waals surface area contributed by atoms with Crippen molar-refractivity contribution in [1.82, 2.24) is 9.46 Å². The number of halogens is 1. The molecule has 1 aromatic heterocycles. The number of ether oxygens (including phenoxy) is 2. The fourth-order valence-corrected chi connectivity index (χ4v) is 4.00. The van der Waals surface area contributed by atoms with E-state index in [0.29, 0.717) is 5.69 Å². The highest BCUT2D eigenvalue weighted by Crippen LogP contribution is 2.21. The van der Waals surface area contributed by atoms with E-state index < -0.39 is 39.9 Å². The smallest absolute Gasteiger partial charge is 0.341 e. The number of nitrogens with zero attached hydrogens (tertiary/aromatic N) is 2. The van der Waals surface area contributed by atoms with Gasteiger partial charge in [0.2, 0.25) is 15.9 Å². The van der Waals surface area contributed by atoms with Crippen molar-refractivity contribution in [2.24, 2.45) is 0 Å². The standard InChI is InChI=1S/C17H18FN3O7S/c1-11-8-16(28-20-11)19-15(22)10-27-17(23)13-9-12(2-3-14(13)18)29(24,25)21-4-6-26-7-5-21/h2-3,8-9H,4-7,10H2,1H3,(H,19,22). The summed E-state index contributed by atoms with van der Waals surface area (Å²) in [5.41, 5.74) is -0.0553. The lowest BCUT2D eigenvalue weighted by Gasteiger charge is -2.26. The molecule has 2 heterocycles. The molecule has 3 rings (SSSR count). The minimum Gasteiger partial charge on any atom is -0.452 e. The highest BCUT2D eigenvalue weighted by Gasteiger charge is 2.28. The molecule has 29 heavy (non-hydrogen) atoms. The average molecular weight is 427 g/mol. The number of amides is 1. The van der Waals surface area contributed by atoms with Crippen molar-refractivity contribution < 1.29 is 36.4 Å². The first-order valence-corrected chi connectivity index (χ1v) is 9.99. The second kappa shape index (κ2) is 8.68. The summed E-state index contributed by atoms with van der Waals surface area (Å²) in [7, 11) is -3.92. The Morgan fingerprint density at radius 2 is 2.00 bits per heavy atom. The molecule has 0 saturated carbocycles. The van der Waals surface area contributed by atoms with Gasteiger partial charge in [-0.05, 0) is 25.1 Å². The van der Waals surface area contributed by atoms with Crippen molar-refractivity contribution in [2.75, 3.05) is 38.2 Å². The van der Waals surface area contributed by atoms with Gasteiger partial charge >= 0.3 is 5.97 Å². The van der Waals surface area contributed by atoms with E-state index in [0.717, 1.165) is 18.2 Å². The molecule has 1 fully saturated rings. The van der Waals surface area contributed by atoms with Gasteiger partial charge in [0.05, 0.1) is 29.4 Å². The summed E-state index contributed by atoms with van der Waals surface area (Å²) >= 11 is 0. The van der Waals surface area contributed by atoms with E-state index >= 15 is 0 Å². The van der Waals surface area contributed by atoms with Crippen LogP contribution in [-0.4, -0.2) is 62.7 Å². The molecule has 2 aromatic rings. The summed E-state index contributed by atoms with van der Waals surface area (Å²) in [6, 6.07) is 4.27. The third-order valence-electron chi connectivity index (χ3n) is 3.99. The molecule has 1 aliphatic rings. The Labute approximate surface area is 165 Å². The fraction of sp³-hybridized carbons (Fsp3) is 0.353. The van der Waals surface area contributed by atoms with Gasteiger partial charge in [-0.3, -0.25) is 10.1 Å². The van der Waals surface area contributed by atoms with Crippen LogP contribution in [0.25, 0.3) is 0 Å². The van der Waals surface area contributed by atoms with Crippen LogP contribution in [-0.2, 0) is 24.3 Å². The number of carbonyl (C=O) groups is 2. The van der Waals surface area contributed by atoms with E-state index in [1.165, 1.54) is 10.4 Å². The molecule has 0 atom stereocenters. The molecule has 0 unspecified atom stereocenters. The zero-order chi connectivity index (χ0) is 21.0. The van der Waals surface area contributed by atoms with Crippen LogP contribution in [0.15, 0.2) is 33.7 Å². The maximum Gasteiger partial charge on any atom is 0.341 e. The van der Waals surface area contributed by atoms with Crippen molar-refractivity contribution >= 4 is 27.8 Å². The van der Waals surface area contributed by atoms with Gasteiger partial charge in [-0.25, -0.2) is 17.6 Å². The molecule has 10 nitrogen and oxygen atoms in total. The monoisotopic (exact) mass is 427 g/mol. The molecule has 0 spiro atoms. The Bertz CT molecular complexity index is 1020. The summed E-state index contributed by atoms with van der Waals surface area (Å²) in [6.07, 6.45) is 0. The van der Waals surface area contributed by atoms with E-state index in [2.05, 4.69) is 10.5 Å². The van der Waals surface area contributed by atoms with Gasteiger partial charge < -0.3 is 14.0 Å². The van der Waals surface area contributed by atoms with E-state index in [9.17, 15) is 22.4 Å². The molecule has 1 N–H and O–H groups in total. The van der Waals surface area contributed by atoms with Gasteiger partial charge in [-0.1, -0.05) is 5.16 Å². The summed E-state index contributed by atoms with van der Waals surface area (Å²) in [5.74, 6) is -2.81. The number of hydrogen-bond acceptors (Lipinski definition) is 8. The number of rotatable bonds is 6. The topological polar surface area (TPSA) is 128 Å². The highest BCUT2D eigenvalue weighted by atomic mass is 32.2. The Morgan fingerprint density at radius 1 is 1.28 bits per heavy atom. The second-order valence-corrected chi connectivity index (χ2v) is 8.05. The third kappa shape index (κ3) is 4.96. The number of morpholine rings is 1. The number of hydrogen-bond donors (Lipinski definition) is 1. The van der Waals surface area contributed by atoms with Gasteiger partial charge in [0.1, 0.15) is 5.82 Å². The van der Waals surface area contributed by atoms with Crippen molar-refractivity contribution in [2.45, 2.75) is 11.8 Å². The lowest BCUT2D eigenvalue weighted by atomic mass is 10.2. The van der Waals surface area contributed by atoms with Crippen LogP contribution in [0, 0.1) is 12.7 Å². The van der Waals surface area contributed by atoms with Crippen LogP contribution in [0.4, 0.5) is 10.3 Å². The van der Waals surface area contributed by atoms with Crippen molar-refractivity contribution in [3.63, 3.8) is 0 Å². The molecule has 1 aliphatic heterocycles. The van der Waals surface area contributed by atoms with Gasteiger partial charge in [0, 0.05) is 19.2 Å². The van der Waals surface area contributed by atoms with Gasteiger partial charge in [0.15, 0.2) is 6.61 Å². The number of sulfonamides is 1. The zero-order valence-electron chi connectivity index (χ0n) is 15.4. The quantitative estimate of drug-likeness (QED) is 0.675. The number of carbonyl (C=O) groups excluding carboxylic acids is 2. The van der Waals surface area contributed by atoms with Crippen LogP contribution in [0.2, 0.25) is 0 Å². The lowest BCUT2D eigenvalue weighted by Crippen LogP contribution is -2.40. The second-order valence-electron chi connectivity index (χ2n) is 6.11. The molecule has 12 heteroatoms. The van der Waals surface area contributed by atoms with Crippen LogP contribution in [0.5, 0.6) is 0 Å². The predicted molar refractivity (Wildman–Crippen MR) is 96.1 cm³/mol. The van der Waals surface area contributed by atoms with Crippen molar-refractivity contribution in [3.8, 4) is 0 Å². The first-order chi connectivity index (χ1) is 13.8. The Balaban J connectivity index is 1.68. The Hall–Kier alpha value is -2.83. The van der Waals surface area contributed by atoms with Gasteiger partial charge in [0.25, 0.3) is 5.91 Å². The molecule has 0 bridgehead atoms. The zero-order valence-corrected chi connectivity index (χ0v) is 16.2. The summed E-state index contributed by atoms with van der Waals surface area (Å²) in [6.45, 7) is 1.73. The SMILES string of the molecule is Cc1cc(NC(=O)COC(=O)c2cc(S(=O)(=O)N3CCOCC3)ccc2F)on1. The summed E-state index contributed by atoms with van der Waals surface area (Å²) in [4.78, 5) is 23.7. The number of anilines is 1. The fourth-order valence-electron chi connectivity index (χ4n) is 2.56. The number of nitrogens with one attached hydrogen (secondary N) is 1. The number of aryl methyl sites for hydroxylation is 1. The molecular formula is C17H18FN3O7S. The number of aromatic nitrogens is 1.